The number of hydrogen-bond donors (Lipinski definition) is 1. The third-order valence-corrected chi connectivity index (χ3v) is 2.17. The second kappa shape index (κ2) is 5.96. The lowest BCUT2D eigenvalue weighted by molar-refractivity contribution is -0.168. The summed E-state index contributed by atoms with van der Waals surface area (Å²) in [5.74, 6) is -6.53. The number of ether oxygens (including phenoxy) is 1. The van der Waals surface area contributed by atoms with Crippen LogP contribution >= 0.6 is 0 Å². The molecule has 0 fully saturated rings. The van der Waals surface area contributed by atoms with Crippen molar-refractivity contribution in [3.05, 3.63) is 35.1 Å². The molecule has 0 amide bonds. The Morgan fingerprint density at radius 3 is 2.53 bits per heavy atom. The molecule has 1 aromatic carbocycles. The van der Waals surface area contributed by atoms with Gasteiger partial charge in [0.15, 0.2) is 0 Å². The molecule has 0 saturated heterocycles. The average molecular weight is 284 g/mol. The maximum atomic E-state index is 12.9. The third kappa shape index (κ3) is 4.16. The van der Waals surface area contributed by atoms with E-state index >= 15 is 0 Å². The fourth-order valence-corrected chi connectivity index (χ4v) is 1.25. The molecule has 3 nitrogen and oxygen atoms in total. The normalized spacial score (nSPS) is 11.9. The molecule has 0 bridgehead atoms. The zero-order valence-electron chi connectivity index (χ0n) is 9.38. The quantitative estimate of drug-likeness (QED) is 0.817. The number of carboxylic acid groups (broad SMARTS) is 1. The van der Waals surface area contributed by atoms with Crippen molar-refractivity contribution < 1.29 is 36.6 Å². The summed E-state index contributed by atoms with van der Waals surface area (Å²) < 4.78 is 65.9. The van der Waals surface area contributed by atoms with E-state index in [-0.39, 0.29) is 11.1 Å². The molecule has 0 aliphatic heterocycles. The van der Waals surface area contributed by atoms with Crippen molar-refractivity contribution in [2.45, 2.75) is 19.0 Å². The molecule has 0 atom stereocenters. The minimum Gasteiger partial charge on any atom is -0.478 e. The number of rotatable bonds is 6. The first-order valence-electron chi connectivity index (χ1n) is 4.99. The number of aromatic carboxylic acids is 1. The Balaban J connectivity index is 2.73. The van der Waals surface area contributed by atoms with E-state index in [1.54, 1.807) is 0 Å². The van der Waals surface area contributed by atoms with E-state index in [9.17, 15) is 26.7 Å². The third-order valence-electron chi connectivity index (χ3n) is 2.17. The minimum absolute atomic E-state index is 0.211. The van der Waals surface area contributed by atoms with Crippen LogP contribution in [-0.2, 0) is 11.3 Å². The maximum Gasteiger partial charge on any atom is 0.336 e. The maximum absolute atomic E-state index is 12.9. The summed E-state index contributed by atoms with van der Waals surface area (Å²) in [5.41, 5.74) is -0.556. The molecule has 1 N–H and O–H groups in total. The molecule has 0 aromatic heterocycles. The highest BCUT2D eigenvalue weighted by atomic mass is 19.3. The minimum atomic E-state index is -4.34. The molecule has 1 rings (SSSR count). The molecular formula is C11H9F5O3. The molecule has 0 spiro atoms. The summed E-state index contributed by atoms with van der Waals surface area (Å²) in [7, 11) is 0. The van der Waals surface area contributed by atoms with Crippen molar-refractivity contribution in [2.24, 2.45) is 0 Å². The van der Waals surface area contributed by atoms with Crippen molar-refractivity contribution >= 4 is 5.97 Å². The van der Waals surface area contributed by atoms with Crippen LogP contribution in [0.5, 0.6) is 0 Å². The monoisotopic (exact) mass is 284 g/mol. The molecule has 0 aliphatic carbocycles. The molecule has 19 heavy (non-hydrogen) atoms. The van der Waals surface area contributed by atoms with Crippen LogP contribution in [0.1, 0.15) is 15.9 Å². The van der Waals surface area contributed by atoms with Crippen LogP contribution in [0.3, 0.4) is 0 Å². The van der Waals surface area contributed by atoms with Gasteiger partial charge in [-0.2, -0.15) is 8.78 Å². The Bertz CT molecular complexity index is 462. The molecule has 0 saturated carbocycles. The van der Waals surface area contributed by atoms with Gasteiger partial charge in [0, 0.05) is 0 Å². The van der Waals surface area contributed by atoms with E-state index in [0.717, 1.165) is 18.2 Å². The first-order chi connectivity index (χ1) is 8.74. The van der Waals surface area contributed by atoms with Gasteiger partial charge >= 0.3 is 18.3 Å². The molecule has 0 radical (unpaired) electrons. The van der Waals surface area contributed by atoms with Gasteiger partial charge in [-0.1, -0.05) is 0 Å². The Kier molecular flexibility index (Phi) is 4.82. The number of carbonyl (C=O) groups is 1. The van der Waals surface area contributed by atoms with Crippen LogP contribution in [0.15, 0.2) is 18.2 Å². The van der Waals surface area contributed by atoms with Gasteiger partial charge in [-0.15, -0.1) is 0 Å². The highest BCUT2D eigenvalue weighted by molar-refractivity contribution is 5.89. The topological polar surface area (TPSA) is 46.5 Å². The van der Waals surface area contributed by atoms with E-state index in [2.05, 4.69) is 4.74 Å². The number of halogens is 5. The molecule has 106 valence electrons. The summed E-state index contributed by atoms with van der Waals surface area (Å²) in [6.45, 7) is -2.29. The predicted molar refractivity (Wildman–Crippen MR) is 54.0 cm³/mol. The lowest BCUT2D eigenvalue weighted by Crippen LogP contribution is -2.32. The van der Waals surface area contributed by atoms with E-state index < -0.39 is 37.3 Å². The second-order valence-corrected chi connectivity index (χ2v) is 3.66. The average Bonchev–Trinajstić information content (AvgIpc) is 2.28. The first-order valence-corrected chi connectivity index (χ1v) is 4.99. The highest BCUT2D eigenvalue weighted by Gasteiger charge is 2.41. The predicted octanol–water partition coefficient (Wildman–Crippen LogP) is 2.94. The van der Waals surface area contributed by atoms with Crippen LogP contribution < -0.4 is 0 Å². The van der Waals surface area contributed by atoms with Gasteiger partial charge in [-0.3, -0.25) is 0 Å². The molecular weight excluding hydrogens is 275 g/mol. The summed E-state index contributed by atoms with van der Waals surface area (Å²) in [4.78, 5) is 10.8. The fraction of sp³-hybridized carbons (Fsp3) is 0.364. The Morgan fingerprint density at radius 1 is 1.37 bits per heavy atom. The van der Waals surface area contributed by atoms with Gasteiger partial charge in [0.1, 0.15) is 12.4 Å². The van der Waals surface area contributed by atoms with Crippen LogP contribution in [-0.4, -0.2) is 30.0 Å². The van der Waals surface area contributed by atoms with E-state index in [0.29, 0.717) is 0 Å². The summed E-state index contributed by atoms with van der Waals surface area (Å²) in [5, 5.41) is 8.76. The van der Waals surface area contributed by atoms with Crippen molar-refractivity contribution in [1.29, 1.82) is 0 Å². The Morgan fingerprint density at radius 2 is 2.00 bits per heavy atom. The van der Waals surface area contributed by atoms with Crippen LogP contribution in [0.25, 0.3) is 0 Å². The van der Waals surface area contributed by atoms with Gasteiger partial charge in [-0.05, 0) is 23.8 Å². The zero-order chi connectivity index (χ0) is 14.6. The standard InChI is InChI=1S/C11H9F5O3/c12-7-1-2-8(9(17)18)6(3-7)4-19-5-11(15,16)10(13)14/h1-3,10H,4-5H2,(H,17,18). The van der Waals surface area contributed by atoms with Crippen molar-refractivity contribution in [2.75, 3.05) is 6.61 Å². The van der Waals surface area contributed by atoms with E-state index in [1.165, 1.54) is 0 Å². The van der Waals surface area contributed by atoms with Crippen molar-refractivity contribution in [3.63, 3.8) is 0 Å². The number of carboxylic acids is 1. The first kappa shape index (κ1) is 15.4. The van der Waals surface area contributed by atoms with Crippen molar-refractivity contribution in [3.8, 4) is 0 Å². The molecule has 0 heterocycles. The summed E-state index contributed by atoms with van der Waals surface area (Å²) in [6.07, 6.45) is -3.89. The van der Waals surface area contributed by atoms with Crippen molar-refractivity contribution in [1.82, 2.24) is 0 Å². The SMILES string of the molecule is O=C(O)c1ccc(F)cc1COCC(F)(F)C(F)F. The lowest BCUT2D eigenvalue weighted by atomic mass is 10.1. The number of benzene rings is 1. The van der Waals surface area contributed by atoms with Crippen LogP contribution in [0.4, 0.5) is 22.0 Å². The number of alkyl halides is 4. The largest absolute Gasteiger partial charge is 0.478 e. The second-order valence-electron chi connectivity index (χ2n) is 3.66. The molecule has 0 aliphatic rings. The highest BCUT2D eigenvalue weighted by Crippen LogP contribution is 2.23. The molecule has 0 unspecified atom stereocenters. The van der Waals surface area contributed by atoms with Crippen LogP contribution in [0.2, 0.25) is 0 Å². The van der Waals surface area contributed by atoms with Gasteiger partial charge < -0.3 is 9.84 Å². The smallest absolute Gasteiger partial charge is 0.336 e. The van der Waals surface area contributed by atoms with Gasteiger partial charge in [0.25, 0.3) is 0 Å². The fourth-order valence-electron chi connectivity index (χ4n) is 1.25. The Hall–Kier alpha value is -1.70. The summed E-state index contributed by atoms with van der Waals surface area (Å²) >= 11 is 0. The van der Waals surface area contributed by atoms with E-state index in [1.807, 2.05) is 0 Å². The Labute approximate surface area is 104 Å². The van der Waals surface area contributed by atoms with Crippen LogP contribution in [0, 0.1) is 5.82 Å². The van der Waals surface area contributed by atoms with E-state index in [4.69, 9.17) is 5.11 Å². The molecule has 1 aromatic rings. The number of hydrogen-bond acceptors (Lipinski definition) is 2. The zero-order valence-corrected chi connectivity index (χ0v) is 9.38. The summed E-state index contributed by atoms with van der Waals surface area (Å²) in [6, 6.07) is 2.59. The molecule has 8 heteroatoms. The van der Waals surface area contributed by atoms with Gasteiger partial charge in [-0.25, -0.2) is 18.0 Å². The lowest BCUT2D eigenvalue weighted by Gasteiger charge is -2.15. The van der Waals surface area contributed by atoms with Gasteiger partial charge in [0.2, 0.25) is 0 Å². The van der Waals surface area contributed by atoms with Gasteiger partial charge in [0.05, 0.1) is 12.2 Å².